The second kappa shape index (κ2) is 10.8. The summed E-state index contributed by atoms with van der Waals surface area (Å²) in [6, 6.07) is 12.4. The molecule has 8 heteroatoms. The van der Waals surface area contributed by atoms with Crippen LogP contribution in [0.1, 0.15) is 62.3 Å². The number of fused-ring (bicyclic) bond motifs is 1. The fourth-order valence-corrected chi connectivity index (χ4v) is 3.81. The number of hydrogen-bond donors (Lipinski definition) is 2. The molecular weight excluding hydrogens is 452 g/mol. The summed E-state index contributed by atoms with van der Waals surface area (Å²) in [6.07, 6.45) is 0.900. The Morgan fingerprint density at radius 3 is 2.47 bits per heavy atom. The first-order valence-corrected chi connectivity index (χ1v) is 11.8. The van der Waals surface area contributed by atoms with E-state index in [9.17, 15) is 14.4 Å². The molecule has 0 radical (unpaired) electrons. The lowest BCUT2D eigenvalue weighted by Crippen LogP contribution is -2.35. The van der Waals surface area contributed by atoms with Crippen molar-refractivity contribution < 1.29 is 9.59 Å². The van der Waals surface area contributed by atoms with Crippen LogP contribution in [0, 0.1) is 0 Å². The summed E-state index contributed by atoms with van der Waals surface area (Å²) in [5.74, 6) is 0.0521. The third kappa shape index (κ3) is 6.44. The first-order valence-electron chi connectivity index (χ1n) is 11.4. The van der Waals surface area contributed by atoms with Gasteiger partial charge in [0.2, 0.25) is 5.91 Å². The fourth-order valence-electron chi connectivity index (χ4n) is 3.64. The summed E-state index contributed by atoms with van der Waals surface area (Å²) in [4.78, 5) is 46.6. The molecule has 3 rings (SSSR count). The Morgan fingerprint density at radius 2 is 1.82 bits per heavy atom. The van der Waals surface area contributed by atoms with Crippen LogP contribution >= 0.6 is 11.6 Å². The van der Waals surface area contributed by atoms with Crippen molar-refractivity contribution in [1.29, 1.82) is 0 Å². The molecule has 0 bridgehead atoms. The number of nitrogens with zero attached hydrogens (tertiary/aromatic N) is 2. The van der Waals surface area contributed by atoms with E-state index in [1.807, 2.05) is 19.1 Å². The van der Waals surface area contributed by atoms with E-state index in [-0.39, 0.29) is 42.3 Å². The number of H-pyrrole nitrogens is 1. The highest BCUT2D eigenvalue weighted by Crippen LogP contribution is 2.22. The number of aromatic nitrogens is 2. The van der Waals surface area contributed by atoms with E-state index in [1.54, 1.807) is 35.2 Å². The van der Waals surface area contributed by atoms with Gasteiger partial charge in [-0.25, -0.2) is 4.98 Å². The van der Waals surface area contributed by atoms with Gasteiger partial charge in [0.1, 0.15) is 5.82 Å². The SMILES string of the molecule is CCCN(Cc1nc2cc(Cl)ccc2c(=O)[nH]1)C(=O)CCNC(=O)c1ccc(C(C)(C)C)cc1. The zero-order valence-corrected chi connectivity index (χ0v) is 20.8. The van der Waals surface area contributed by atoms with Crippen LogP contribution in [0.2, 0.25) is 5.02 Å². The zero-order valence-electron chi connectivity index (χ0n) is 20.1. The van der Waals surface area contributed by atoms with Gasteiger partial charge in [0, 0.05) is 30.1 Å². The van der Waals surface area contributed by atoms with Gasteiger partial charge in [-0.1, -0.05) is 51.4 Å². The zero-order chi connectivity index (χ0) is 24.9. The lowest BCUT2D eigenvalue weighted by atomic mass is 9.87. The summed E-state index contributed by atoms with van der Waals surface area (Å²) in [5.41, 5.74) is 1.94. The first kappa shape index (κ1) is 25.4. The molecule has 1 heterocycles. The monoisotopic (exact) mass is 482 g/mol. The highest BCUT2D eigenvalue weighted by Gasteiger charge is 2.17. The molecule has 0 atom stereocenters. The molecule has 0 aliphatic heterocycles. The third-order valence-electron chi connectivity index (χ3n) is 5.54. The molecule has 2 aromatic carbocycles. The smallest absolute Gasteiger partial charge is 0.258 e. The number of hydrogen-bond acceptors (Lipinski definition) is 4. The van der Waals surface area contributed by atoms with Gasteiger partial charge in [-0.15, -0.1) is 0 Å². The summed E-state index contributed by atoms with van der Waals surface area (Å²) >= 11 is 6.03. The summed E-state index contributed by atoms with van der Waals surface area (Å²) < 4.78 is 0. The van der Waals surface area contributed by atoms with Gasteiger partial charge in [0.05, 0.1) is 17.4 Å². The van der Waals surface area contributed by atoms with E-state index < -0.39 is 0 Å². The molecule has 1 aromatic heterocycles. The number of halogens is 1. The van der Waals surface area contributed by atoms with Crippen molar-refractivity contribution in [3.63, 3.8) is 0 Å². The Labute approximate surface area is 204 Å². The van der Waals surface area contributed by atoms with E-state index >= 15 is 0 Å². The standard InChI is InChI=1S/C26H31ClN4O3/c1-5-14-31(16-22-29-21-15-19(27)10-11-20(21)25(34)30-22)23(32)12-13-28-24(33)17-6-8-18(9-7-17)26(2,3)4/h6-11,15H,5,12-14,16H2,1-4H3,(H,28,33)(H,29,30,34). The number of carbonyl (C=O) groups excluding carboxylic acids is 2. The predicted molar refractivity (Wildman–Crippen MR) is 135 cm³/mol. The van der Waals surface area contributed by atoms with Gasteiger partial charge in [-0.2, -0.15) is 0 Å². The lowest BCUT2D eigenvalue weighted by Gasteiger charge is -2.22. The molecule has 34 heavy (non-hydrogen) atoms. The van der Waals surface area contributed by atoms with E-state index in [0.29, 0.717) is 33.9 Å². The summed E-state index contributed by atoms with van der Waals surface area (Å²) in [5, 5.41) is 3.75. The minimum atomic E-state index is -0.273. The van der Waals surface area contributed by atoms with Gasteiger partial charge in [0.15, 0.2) is 0 Å². The maximum absolute atomic E-state index is 12.8. The molecule has 2 N–H and O–H groups in total. The predicted octanol–water partition coefficient (Wildman–Crippen LogP) is 4.43. The molecule has 0 fully saturated rings. The number of carbonyl (C=O) groups is 2. The highest BCUT2D eigenvalue weighted by molar-refractivity contribution is 6.31. The van der Waals surface area contributed by atoms with Crippen LogP contribution in [0.4, 0.5) is 0 Å². The van der Waals surface area contributed by atoms with E-state index in [1.165, 1.54) is 0 Å². The van der Waals surface area contributed by atoms with E-state index in [4.69, 9.17) is 11.6 Å². The highest BCUT2D eigenvalue weighted by atomic mass is 35.5. The molecule has 180 valence electrons. The molecule has 0 saturated carbocycles. The molecule has 0 aliphatic carbocycles. The van der Waals surface area contributed by atoms with Crippen molar-refractivity contribution in [3.05, 3.63) is 74.8 Å². The summed E-state index contributed by atoms with van der Waals surface area (Å²) in [7, 11) is 0. The van der Waals surface area contributed by atoms with Gasteiger partial charge in [0.25, 0.3) is 11.5 Å². The number of benzene rings is 2. The molecular formula is C26H31ClN4O3. The van der Waals surface area contributed by atoms with E-state index in [2.05, 4.69) is 36.1 Å². The number of rotatable bonds is 8. The molecule has 2 amide bonds. The molecule has 3 aromatic rings. The van der Waals surface area contributed by atoms with Gasteiger partial charge >= 0.3 is 0 Å². The van der Waals surface area contributed by atoms with Crippen molar-refractivity contribution in [2.24, 2.45) is 0 Å². The normalized spacial score (nSPS) is 11.4. The van der Waals surface area contributed by atoms with Crippen molar-refractivity contribution >= 4 is 34.3 Å². The van der Waals surface area contributed by atoms with Crippen LogP contribution in [0.5, 0.6) is 0 Å². The quantitative estimate of drug-likeness (QED) is 0.496. The average molecular weight is 483 g/mol. The number of amides is 2. The maximum Gasteiger partial charge on any atom is 0.258 e. The Morgan fingerprint density at radius 1 is 1.12 bits per heavy atom. The van der Waals surface area contributed by atoms with Crippen LogP contribution in [0.25, 0.3) is 10.9 Å². The van der Waals surface area contributed by atoms with Crippen molar-refractivity contribution in [1.82, 2.24) is 20.2 Å². The maximum atomic E-state index is 12.8. The van der Waals surface area contributed by atoms with Crippen LogP contribution in [0.15, 0.2) is 47.3 Å². The lowest BCUT2D eigenvalue weighted by molar-refractivity contribution is -0.131. The first-order chi connectivity index (χ1) is 16.1. The molecule has 0 aliphatic rings. The minimum absolute atomic E-state index is 0.0145. The van der Waals surface area contributed by atoms with Crippen molar-refractivity contribution in [2.45, 2.75) is 52.5 Å². The molecule has 0 saturated heterocycles. The van der Waals surface area contributed by atoms with Crippen LogP contribution in [-0.4, -0.2) is 39.8 Å². The molecule has 7 nitrogen and oxygen atoms in total. The topological polar surface area (TPSA) is 95.2 Å². The van der Waals surface area contributed by atoms with Crippen molar-refractivity contribution in [2.75, 3.05) is 13.1 Å². The summed E-state index contributed by atoms with van der Waals surface area (Å²) in [6.45, 7) is 9.23. The Hall–Kier alpha value is -3.19. The Balaban J connectivity index is 1.61. The molecule has 0 spiro atoms. The van der Waals surface area contributed by atoms with Crippen LogP contribution in [-0.2, 0) is 16.8 Å². The van der Waals surface area contributed by atoms with Gasteiger partial charge in [-0.05, 0) is 47.7 Å². The van der Waals surface area contributed by atoms with Gasteiger partial charge in [-0.3, -0.25) is 14.4 Å². The van der Waals surface area contributed by atoms with Crippen molar-refractivity contribution in [3.8, 4) is 0 Å². The number of nitrogens with one attached hydrogen (secondary N) is 2. The Bertz CT molecular complexity index is 1230. The second-order valence-electron chi connectivity index (χ2n) is 9.32. The molecule has 0 unspecified atom stereocenters. The third-order valence-corrected chi connectivity index (χ3v) is 5.78. The van der Waals surface area contributed by atoms with E-state index in [0.717, 1.165) is 12.0 Å². The average Bonchev–Trinajstić information content (AvgIpc) is 2.77. The second-order valence-corrected chi connectivity index (χ2v) is 9.76. The van der Waals surface area contributed by atoms with Gasteiger partial charge < -0.3 is 15.2 Å². The largest absolute Gasteiger partial charge is 0.352 e. The Kier molecular flexibility index (Phi) is 8.10. The van der Waals surface area contributed by atoms with Crippen LogP contribution in [0.3, 0.4) is 0 Å². The van der Waals surface area contributed by atoms with Crippen LogP contribution < -0.4 is 10.9 Å². The minimum Gasteiger partial charge on any atom is -0.352 e. The number of aromatic amines is 1. The fraction of sp³-hybridized carbons (Fsp3) is 0.385.